The van der Waals surface area contributed by atoms with Crippen LogP contribution < -0.4 is 0 Å². The number of hydrogen-bond acceptors (Lipinski definition) is 8. The lowest BCUT2D eigenvalue weighted by Gasteiger charge is -2.20. The second kappa shape index (κ2) is 19.0. The van der Waals surface area contributed by atoms with E-state index in [0.717, 1.165) is 22.7 Å². The van der Waals surface area contributed by atoms with Crippen LogP contribution >= 0.6 is 0 Å². The zero-order valence-electron chi connectivity index (χ0n) is 33.4. The Morgan fingerprint density at radius 3 is 0.694 bits per heavy atom. The highest BCUT2D eigenvalue weighted by atomic mass is 16.3. The Morgan fingerprint density at radius 2 is 0.484 bits per heavy atom. The normalized spacial score (nSPS) is 11.5. The second-order valence-corrected chi connectivity index (χ2v) is 14.2. The lowest BCUT2D eigenvalue weighted by Crippen LogP contribution is -2.01. The van der Waals surface area contributed by atoms with E-state index in [1.54, 1.807) is 49.1 Å². The summed E-state index contributed by atoms with van der Waals surface area (Å²) in [4.78, 5) is 18.6. The first kappa shape index (κ1) is 40.2. The number of aliphatic imine (C=N–C) groups is 4. The summed E-state index contributed by atoms with van der Waals surface area (Å²) in [6.45, 7) is 0. The lowest BCUT2D eigenvalue weighted by atomic mass is 9.84. The van der Waals surface area contributed by atoms with Crippen LogP contribution in [-0.2, 0) is 0 Å². The molecular weight excluding hydrogens is 769 g/mol. The maximum Gasteiger partial charge on any atom is 0.124 e. The molecule has 0 atom stereocenters. The van der Waals surface area contributed by atoms with Gasteiger partial charge in [-0.3, -0.25) is 20.0 Å². The van der Waals surface area contributed by atoms with Gasteiger partial charge in [-0.25, -0.2) is 0 Å². The molecule has 8 heteroatoms. The van der Waals surface area contributed by atoms with Crippen LogP contribution in [0.4, 0.5) is 22.7 Å². The first-order valence-corrected chi connectivity index (χ1v) is 19.8. The summed E-state index contributed by atoms with van der Waals surface area (Å²) in [6, 6.07) is 59.1. The maximum absolute atomic E-state index is 11.2. The van der Waals surface area contributed by atoms with Crippen LogP contribution in [0.25, 0.3) is 11.1 Å². The summed E-state index contributed by atoms with van der Waals surface area (Å²) in [6.07, 6.45) is 6.49. The molecule has 8 aromatic carbocycles. The molecule has 8 rings (SSSR count). The highest BCUT2D eigenvalue weighted by molar-refractivity contribution is 6.07. The van der Waals surface area contributed by atoms with Crippen LogP contribution in [0.1, 0.15) is 44.5 Å². The van der Waals surface area contributed by atoms with Crippen molar-refractivity contribution < 1.29 is 20.4 Å². The topological polar surface area (TPSA) is 130 Å². The van der Waals surface area contributed by atoms with E-state index in [4.69, 9.17) is 0 Å². The molecule has 62 heavy (non-hydrogen) atoms. The van der Waals surface area contributed by atoms with Crippen molar-refractivity contribution in [1.82, 2.24) is 0 Å². The monoisotopic (exact) mass is 808 g/mol. The van der Waals surface area contributed by atoms with Gasteiger partial charge in [-0.1, -0.05) is 97.1 Å². The zero-order valence-corrected chi connectivity index (χ0v) is 33.4. The number of hydrogen-bond donors (Lipinski definition) is 4. The summed E-state index contributed by atoms with van der Waals surface area (Å²) >= 11 is 0. The van der Waals surface area contributed by atoms with Crippen molar-refractivity contribution in [2.45, 2.75) is 0 Å². The molecular formula is C54H40N4O4. The number of phenols is 4. The van der Waals surface area contributed by atoms with Crippen LogP contribution in [0.5, 0.6) is 23.0 Å². The average Bonchev–Trinajstić information content (AvgIpc) is 3.31. The molecule has 8 nitrogen and oxygen atoms in total. The van der Waals surface area contributed by atoms with E-state index in [2.05, 4.69) is 20.0 Å². The third kappa shape index (κ3) is 9.80. The average molecular weight is 809 g/mol. The fourth-order valence-electron chi connectivity index (χ4n) is 6.80. The number of para-hydroxylation sites is 4. The first-order chi connectivity index (χ1) is 30.4. The quantitative estimate of drug-likeness (QED) is 0.0723. The van der Waals surface area contributed by atoms with Crippen molar-refractivity contribution in [3.63, 3.8) is 0 Å². The number of nitrogens with zero attached hydrogens (tertiary/aromatic N) is 4. The number of rotatable bonds is 12. The molecule has 0 aliphatic heterocycles. The number of phenolic OH excluding ortho intramolecular Hbond substituents is 4. The standard InChI is InChI=1S/C54H40N4O4/c59-49-25-21-37(29-41(49)33-55-45-13-5-1-6-14-45)53(38-22-26-50(60)42(30-38)34-56-46-15-7-2-8-16-46)54(39-23-27-51(61)43(31-39)35-57-47-17-9-3-10-18-47)40-24-28-52(62)44(32-40)36-58-48-19-11-4-12-20-48/h1-36,59-62H. The van der Waals surface area contributed by atoms with E-state index in [-0.39, 0.29) is 23.0 Å². The van der Waals surface area contributed by atoms with Crippen molar-refractivity contribution in [2.24, 2.45) is 20.0 Å². The highest BCUT2D eigenvalue weighted by Gasteiger charge is 2.21. The Bertz CT molecular complexity index is 2580. The van der Waals surface area contributed by atoms with Gasteiger partial charge in [0.15, 0.2) is 0 Å². The molecule has 300 valence electrons. The minimum absolute atomic E-state index is 0.0313. The largest absolute Gasteiger partial charge is 0.507 e. The molecule has 0 saturated heterocycles. The first-order valence-electron chi connectivity index (χ1n) is 19.8. The van der Waals surface area contributed by atoms with Gasteiger partial charge in [0.1, 0.15) is 23.0 Å². The summed E-state index contributed by atoms with van der Waals surface area (Å²) in [7, 11) is 0. The molecule has 0 saturated carbocycles. The summed E-state index contributed by atoms with van der Waals surface area (Å²) in [5.74, 6) is 0.125. The molecule has 0 amide bonds. The molecule has 8 aromatic rings. The van der Waals surface area contributed by atoms with Gasteiger partial charge in [-0.05, 0) is 130 Å². The number of benzene rings is 8. The fraction of sp³-hybridized carbons (Fsp3) is 0. The SMILES string of the molecule is Oc1ccc(C(=C(c2ccc(O)c(C=Nc3ccccc3)c2)c2ccc(O)c(C=Nc3ccccc3)c2)c2ccc(O)c(C=Nc3ccccc3)c2)cc1C=Nc1ccccc1. The van der Waals surface area contributed by atoms with Crippen molar-refractivity contribution in [3.05, 3.63) is 239 Å². The molecule has 0 radical (unpaired) electrons. The highest BCUT2D eigenvalue weighted by Crippen LogP contribution is 2.41. The molecule has 0 heterocycles. The van der Waals surface area contributed by atoms with Crippen LogP contribution in [0.15, 0.2) is 214 Å². The van der Waals surface area contributed by atoms with Gasteiger partial charge < -0.3 is 20.4 Å². The van der Waals surface area contributed by atoms with Gasteiger partial charge in [0.25, 0.3) is 0 Å². The molecule has 0 spiro atoms. The van der Waals surface area contributed by atoms with Gasteiger partial charge in [-0.15, -0.1) is 0 Å². The Kier molecular flexibility index (Phi) is 12.3. The van der Waals surface area contributed by atoms with Gasteiger partial charge in [0.2, 0.25) is 0 Å². The van der Waals surface area contributed by atoms with Crippen molar-refractivity contribution in [3.8, 4) is 23.0 Å². The Balaban J connectivity index is 1.40. The van der Waals surface area contributed by atoms with Crippen molar-refractivity contribution in [1.29, 1.82) is 0 Å². The van der Waals surface area contributed by atoms with Crippen LogP contribution in [0, 0.1) is 0 Å². The molecule has 4 N–H and O–H groups in total. The van der Waals surface area contributed by atoms with Crippen LogP contribution in [0.3, 0.4) is 0 Å². The van der Waals surface area contributed by atoms with E-state index in [1.807, 2.05) is 170 Å². The van der Waals surface area contributed by atoms with Crippen LogP contribution in [-0.4, -0.2) is 45.3 Å². The Labute approximate surface area is 359 Å². The van der Waals surface area contributed by atoms with E-state index >= 15 is 0 Å². The van der Waals surface area contributed by atoms with E-state index < -0.39 is 0 Å². The second-order valence-electron chi connectivity index (χ2n) is 14.2. The van der Waals surface area contributed by atoms with Gasteiger partial charge in [0.05, 0.1) is 22.7 Å². The predicted octanol–water partition coefficient (Wildman–Crippen LogP) is 12.5. The molecule has 0 aromatic heterocycles. The van der Waals surface area contributed by atoms with E-state index in [0.29, 0.717) is 55.7 Å². The number of aromatic hydroxyl groups is 4. The Morgan fingerprint density at radius 1 is 0.274 bits per heavy atom. The molecule has 0 aliphatic carbocycles. The Hall–Kier alpha value is -8.62. The molecule has 0 fully saturated rings. The smallest absolute Gasteiger partial charge is 0.124 e. The van der Waals surface area contributed by atoms with E-state index in [9.17, 15) is 20.4 Å². The maximum atomic E-state index is 11.2. The third-order valence-electron chi connectivity index (χ3n) is 9.95. The minimum Gasteiger partial charge on any atom is -0.507 e. The van der Waals surface area contributed by atoms with Gasteiger partial charge in [0, 0.05) is 47.1 Å². The van der Waals surface area contributed by atoms with E-state index in [1.165, 1.54) is 0 Å². The van der Waals surface area contributed by atoms with Gasteiger partial charge >= 0.3 is 0 Å². The fourth-order valence-corrected chi connectivity index (χ4v) is 6.80. The summed E-state index contributed by atoms with van der Waals surface area (Å²) in [5.41, 5.74) is 8.94. The lowest BCUT2D eigenvalue weighted by molar-refractivity contribution is 0.473. The van der Waals surface area contributed by atoms with Crippen molar-refractivity contribution in [2.75, 3.05) is 0 Å². The summed E-state index contributed by atoms with van der Waals surface area (Å²) < 4.78 is 0. The molecule has 0 bridgehead atoms. The molecule has 0 unspecified atom stereocenters. The minimum atomic E-state index is 0.0313. The van der Waals surface area contributed by atoms with Crippen LogP contribution in [0.2, 0.25) is 0 Å². The predicted molar refractivity (Wildman–Crippen MR) is 252 cm³/mol. The molecule has 0 aliphatic rings. The van der Waals surface area contributed by atoms with Gasteiger partial charge in [-0.2, -0.15) is 0 Å². The summed E-state index contributed by atoms with van der Waals surface area (Å²) in [5, 5.41) is 44.8. The zero-order chi connectivity index (χ0) is 42.7. The van der Waals surface area contributed by atoms with Crippen molar-refractivity contribution >= 4 is 58.8 Å². The third-order valence-corrected chi connectivity index (χ3v) is 9.95.